The van der Waals surface area contributed by atoms with Crippen molar-refractivity contribution in [3.8, 4) is 0 Å². The van der Waals surface area contributed by atoms with Crippen LogP contribution in [0.2, 0.25) is 0 Å². The lowest BCUT2D eigenvalue weighted by Crippen LogP contribution is -2.18. The van der Waals surface area contributed by atoms with Crippen molar-refractivity contribution in [2.24, 2.45) is 0 Å². The van der Waals surface area contributed by atoms with Crippen molar-refractivity contribution in [2.75, 3.05) is 11.8 Å². The lowest BCUT2D eigenvalue weighted by Gasteiger charge is -2.09. The molecule has 0 fully saturated rings. The van der Waals surface area contributed by atoms with Crippen LogP contribution in [0.5, 0.6) is 0 Å². The molecule has 1 amide bonds. The zero-order chi connectivity index (χ0) is 18.9. The lowest BCUT2D eigenvalue weighted by atomic mass is 10.2. The molecular weight excluding hydrogens is 354 g/mol. The van der Waals surface area contributed by atoms with Crippen LogP contribution in [-0.2, 0) is 10.0 Å². The van der Waals surface area contributed by atoms with E-state index in [9.17, 15) is 13.2 Å². The topological polar surface area (TPSA) is 106 Å². The van der Waals surface area contributed by atoms with Gasteiger partial charge in [-0.05, 0) is 44.2 Å². The molecule has 0 aliphatic rings. The van der Waals surface area contributed by atoms with Gasteiger partial charge in [0, 0.05) is 24.0 Å². The van der Waals surface area contributed by atoms with Gasteiger partial charge >= 0.3 is 0 Å². The number of carbonyl (C=O) groups excluding carboxylic acids is 1. The minimum atomic E-state index is -3.79. The van der Waals surface area contributed by atoms with Gasteiger partial charge in [0.15, 0.2) is 5.65 Å². The zero-order valence-electron chi connectivity index (χ0n) is 14.6. The van der Waals surface area contributed by atoms with E-state index in [0.717, 1.165) is 5.39 Å². The summed E-state index contributed by atoms with van der Waals surface area (Å²) in [4.78, 5) is 15.9. The summed E-state index contributed by atoms with van der Waals surface area (Å²) in [7, 11) is -2.28. The Kier molecular flexibility index (Phi) is 4.64. The van der Waals surface area contributed by atoms with Crippen molar-refractivity contribution < 1.29 is 13.2 Å². The monoisotopic (exact) mass is 373 g/mol. The molecule has 1 aromatic carbocycles. The number of nitrogens with zero attached hydrogens (tertiary/aromatic N) is 3. The normalized spacial score (nSPS) is 11.7. The highest BCUT2D eigenvalue weighted by molar-refractivity contribution is 7.92. The molecule has 136 valence electrons. The molecule has 8 nitrogen and oxygen atoms in total. The molecule has 2 N–H and O–H groups in total. The highest BCUT2D eigenvalue weighted by atomic mass is 32.2. The first-order valence-electron chi connectivity index (χ1n) is 8.00. The number of benzene rings is 1. The summed E-state index contributed by atoms with van der Waals surface area (Å²) in [6, 6.07) is 7.53. The number of anilines is 1. The van der Waals surface area contributed by atoms with Crippen molar-refractivity contribution in [3.63, 3.8) is 0 Å². The van der Waals surface area contributed by atoms with Gasteiger partial charge in [-0.3, -0.25) is 9.52 Å². The largest absolute Gasteiger partial charge is 0.355 e. The fourth-order valence-electron chi connectivity index (χ4n) is 2.52. The molecule has 3 aromatic rings. The maximum Gasteiger partial charge on any atom is 0.261 e. The molecule has 26 heavy (non-hydrogen) atoms. The molecule has 0 bridgehead atoms. The lowest BCUT2D eigenvalue weighted by molar-refractivity contribution is 0.0963. The summed E-state index contributed by atoms with van der Waals surface area (Å²) in [5.41, 5.74) is 1.42. The Morgan fingerprint density at radius 2 is 1.85 bits per heavy atom. The SMILES string of the molecule is CNC(=O)c1ccc(S(=O)(=O)Nc2cnc3c(cnn3C(C)C)c2)cc1. The maximum atomic E-state index is 12.5. The van der Waals surface area contributed by atoms with Crippen LogP contribution in [0.15, 0.2) is 47.6 Å². The zero-order valence-corrected chi connectivity index (χ0v) is 15.4. The van der Waals surface area contributed by atoms with Gasteiger partial charge in [0.2, 0.25) is 0 Å². The number of aromatic nitrogens is 3. The molecule has 0 spiro atoms. The summed E-state index contributed by atoms with van der Waals surface area (Å²) in [6.45, 7) is 3.99. The van der Waals surface area contributed by atoms with E-state index in [1.807, 2.05) is 13.8 Å². The Balaban J connectivity index is 1.87. The first-order valence-corrected chi connectivity index (χ1v) is 9.48. The number of hydrogen-bond donors (Lipinski definition) is 2. The van der Waals surface area contributed by atoms with Gasteiger partial charge in [0.05, 0.1) is 23.0 Å². The quantitative estimate of drug-likeness (QED) is 0.713. The van der Waals surface area contributed by atoms with E-state index in [1.54, 1.807) is 16.9 Å². The average molecular weight is 373 g/mol. The molecule has 0 aliphatic heterocycles. The molecule has 0 unspecified atom stereocenters. The van der Waals surface area contributed by atoms with E-state index in [1.165, 1.54) is 37.5 Å². The smallest absolute Gasteiger partial charge is 0.261 e. The number of hydrogen-bond acceptors (Lipinski definition) is 5. The highest BCUT2D eigenvalue weighted by Gasteiger charge is 2.16. The fourth-order valence-corrected chi connectivity index (χ4v) is 3.55. The minimum Gasteiger partial charge on any atom is -0.355 e. The Morgan fingerprint density at radius 3 is 2.46 bits per heavy atom. The summed E-state index contributed by atoms with van der Waals surface area (Å²) >= 11 is 0. The van der Waals surface area contributed by atoms with Gasteiger partial charge in [-0.15, -0.1) is 0 Å². The minimum absolute atomic E-state index is 0.0584. The average Bonchev–Trinajstić information content (AvgIpc) is 3.04. The van der Waals surface area contributed by atoms with Crippen LogP contribution in [0.3, 0.4) is 0 Å². The van der Waals surface area contributed by atoms with Crippen LogP contribution in [0, 0.1) is 0 Å². The molecule has 2 aromatic heterocycles. The number of nitrogens with one attached hydrogen (secondary N) is 2. The van der Waals surface area contributed by atoms with Crippen molar-refractivity contribution in [1.82, 2.24) is 20.1 Å². The third-order valence-electron chi connectivity index (χ3n) is 3.83. The van der Waals surface area contributed by atoms with E-state index in [4.69, 9.17) is 0 Å². The Hall–Kier alpha value is -2.94. The van der Waals surface area contributed by atoms with Crippen LogP contribution in [-0.4, -0.2) is 36.1 Å². The molecule has 0 atom stereocenters. The summed E-state index contributed by atoms with van der Waals surface area (Å²) in [5, 5.41) is 7.49. The molecule has 0 saturated heterocycles. The third kappa shape index (κ3) is 3.38. The van der Waals surface area contributed by atoms with Crippen LogP contribution >= 0.6 is 0 Å². The van der Waals surface area contributed by atoms with Gasteiger partial charge in [-0.2, -0.15) is 5.10 Å². The van der Waals surface area contributed by atoms with E-state index in [2.05, 4.69) is 20.1 Å². The van der Waals surface area contributed by atoms with Gasteiger partial charge < -0.3 is 5.32 Å². The van der Waals surface area contributed by atoms with Crippen molar-refractivity contribution in [3.05, 3.63) is 48.3 Å². The summed E-state index contributed by atoms with van der Waals surface area (Å²) in [6.07, 6.45) is 3.11. The van der Waals surface area contributed by atoms with Crippen LogP contribution < -0.4 is 10.0 Å². The number of amides is 1. The second-order valence-corrected chi connectivity index (χ2v) is 7.71. The number of carbonyl (C=O) groups is 1. The number of sulfonamides is 1. The predicted octanol–water partition coefficient (Wildman–Crippen LogP) is 2.17. The predicted molar refractivity (Wildman–Crippen MR) is 98.6 cm³/mol. The van der Waals surface area contributed by atoms with Crippen LogP contribution in [0.4, 0.5) is 5.69 Å². The number of pyridine rings is 1. The fraction of sp³-hybridized carbons (Fsp3) is 0.235. The maximum absolute atomic E-state index is 12.5. The first-order chi connectivity index (χ1) is 12.3. The molecular formula is C17H19N5O3S. The van der Waals surface area contributed by atoms with E-state index in [0.29, 0.717) is 16.9 Å². The van der Waals surface area contributed by atoms with Crippen LogP contribution in [0.1, 0.15) is 30.2 Å². The van der Waals surface area contributed by atoms with Gasteiger partial charge in [0.1, 0.15) is 0 Å². The molecule has 2 heterocycles. The number of rotatable bonds is 5. The third-order valence-corrected chi connectivity index (χ3v) is 5.23. The summed E-state index contributed by atoms with van der Waals surface area (Å²) < 4.78 is 29.4. The van der Waals surface area contributed by atoms with Crippen molar-refractivity contribution >= 4 is 32.7 Å². The van der Waals surface area contributed by atoms with Crippen molar-refractivity contribution in [1.29, 1.82) is 0 Å². The molecule has 9 heteroatoms. The van der Waals surface area contributed by atoms with Gasteiger partial charge in [-0.1, -0.05) is 0 Å². The Morgan fingerprint density at radius 1 is 1.15 bits per heavy atom. The van der Waals surface area contributed by atoms with E-state index in [-0.39, 0.29) is 16.8 Å². The second kappa shape index (κ2) is 6.75. The number of fused-ring (bicyclic) bond motifs is 1. The molecule has 0 aliphatic carbocycles. The first kappa shape index (κ1) is 17.9. The Bertz CT molecular complexity index is 1060. The highest BCUT2D eigenvalue weighted by Crippen LogP contribution is 2.21. The van der Waals surface area contributed by atoms with Crippen LogP contribution in [0.25, 0.3) is 11.0 Å². The Labute approximate surface area is 151 Å². The van der Waals surface area contributed by atoms with Crippen molar-refractivity contribution in [2.45, 2.75) is 24.8 Å². The molecule has 3 rings (SSSR count). The molecule has 0 radical (unpaired) electrons. The standard InChI is InChI=1S/C17H19N5O3S/c1-11(2)22-16-13(9-20-22)8-14(10-19-16)21-26(24,25)15-6-4-12(5-7-15)17(23)18-3/h4-11,21H,1-3H3,(H,18,23). The van der Waals surface area contributed by atoms with Gasteiger partial charge in [0.25, 0.3) is 15.9 Å². The summed E-state index contributed by atoms with van der Waals surface area (Å²) in [5.74, 6) is -0.279. The van der Waals surface area contributed by atoms with E-state index >= 15 is 0 Å². The molecule has 0 saturated carbocycles. The van der Waals surface area contributed by atoms with Gasteiger partial charge in [-0.25, -0.2) is 18.1 Å². The van der Waals surface area contributed by atoms with E-state index < -0.39 is 10.0 Å². The second-order valence-electron chi connectivity index (χ2n) is 6.03.